The number of aliphatic hydroxyl groups is 1. The third kappa shape index (κ3) is 12.9. The molecule has 14 nitrogen and oxygen atoms in total. The predicted molar refractivity (Wildman–Crippen MR) is 272 cm³/mol. The highest BCUT2D eigenvalue weighted by Crippen LogP contribution is 2.55. The summed E-state index contributed by atoms with van der Waals surface area (Å²) in [6.07, 6.45) is 2.72. The molecular formula is C54H69ClN6O8S. The molecule has 376 valence electrons. The SMILES string of the molecule is CCC[C@@H](NC(=O)N1C[C@@H](O)CC1C(=O)[C@@H](NC(=O)COCCCCCOc1ccc(C(=O)NC2C(C)(C)C(Oc3ccc(C#N)c(Cl)c3)C2(C)C)cc1)C(C)(C)C)c1ccc(-c2scnc2C)cc1. The van der Waals surface area contributed by atoms with Crippen LogP contribution in [0.15, 0.2) is 72.2 Å². The van der Waals surface area contributed by atoms with Crippen molar-refractivity contribution in [1.29, 1.82) is 5.26 Å². The number of hydrogen-bond donors (Lipinski definition) is 4. The number of ketones is 1. The van der Waals surface area contributed by atoms with E-state index in [2.05, 4.69) is 54.7 Å². The van der Waals surface area contributed by atoms with E-state index in [9.17, 15) is 29.5 Å². The molecule has 4 atom stereocenters. The topological polar surface area (TPSA) is 192 Å². The van der Waals surface area contributed by atoms with Gasteiger partial charge in [-0.25, -0.2) is 9.78 Å². The van der Waals surface area contributed by atoms with Crippen LogP contribution in [-0.2, 0) is 14.3 Å². The van der Waals surface area contributed by atoms with Gasteiger partial charge in [0.05, 0.1) is 57.5 Å². The molecule has 0 bridgehead atoms. The molecule has 6 rings (SSSR count). The third-order valence-corrected chi connectivity index (χ3v) is 14.8. The largest absolute Gasteiger partial charge is 0.494 e. The molecule has 4 N–H and O–H groups in total. The number of rotatable bonds is 21. The van der Waals surface area contributed by atoms with E-state index >= 15 is 0 Å². The van der Waals surface area contributed by atoms with Gasteiger partial charge in [-0.05, 0) is 85.5 Å². The number of likely N-dealkylation sites (tertiary alicyclic amines) is 1. The standard InChI is InChI=1S/C54H69ClN6O8S/c1-10-14-42(34-15-17-35(18-16-34)46-33(2)57-32-70-46)58-51(66)61-30-38(62)27-43(61)45(64)47(52(3,4)5)59-44(63)31-67-25-12-11-13-26-68-39-22-19-36(20-23-39)48(65)60-49-53(6,7)50(54(49,8)9)69-40-24-21-37(29-56)41(55)28-40/h15-24,28,32,38,42-43,47,49-50,62H,10-14,25-27,30-31H2,1-9H3,(H,58,66)(H,59,63)(H,60,65)/t38-,42+,43?,47+,49?,50?/m0/s1. The molecule has 4 amide bonds. The Morgan fingerprint density at radius 3 is 2.24 bits per heavy atom. The van der Waals surface area contributed by atoms with E-state index in [0.717, 1.165) is 41.0 Å². The third-order valence-electron chi connectivity index (χ3n) is 13.5. The Labute approximate surface area is 421 Å². The molecule has 1 aliphatic heterocycles. The number of halogens is 1. The molecule has 1 saturated carbocycles. The van der Waals surface area contributed by atoms with Gasteiger partial charge in [-0.3, -0.25) is 14.4 Å². The number of nitrogens with zero attached hydrogens (tertiary/aromatic N) is 3. The number of aromatic nitrogens is 1. The number of ether oxygens (including phenoxy) is 3. The number of unbranched alkanes of at least 4 members (excludes halogenated alkanes) is 2. The van der Waals surface area contributed by atoms with Crippen LogP contribution in [0.3, 0.4) is 0 Å². The Kier molecular flexibility index (Phi) is 17.8. The zero-order chi connectivity index (χ0) is 51.0. The van der Waals surface area contributed by atoms with E-state index in [0.29, 0.717) is 53.7 Å². The maximum atomic E-state index is 14.2. The minimum absolute atomic E-state index is 0.00580. The number of thiazole rings is 1. The summed E-state index contributed by atoms with van der Waals surface area (Å²) < 4.78 is 18.0. The number of urea groups is 1. The molecule has 1 aromatic heterocycles. The van der Waals surface area contributed by atoms with Gasteiger partial charge in [-0.15, -0.1) is 11.3 Å². The first kappa shape index (κ1) is 53.8. The van der Waals surface area contributed by atoms with Crippen LogP contribution in [-0.4, -0.2) is 95.3 Å². The smallest absolute Gasteiger partial charge is 0.318 e. The van der Waals surface area contributed by atoms with E-state index in [4.69, 9.17) is 25.8 Å². The number of β-amino-alcohol motifs (C(OH)–C–C–N with tert-alkyl or cyclic N) is 1. The summed E-state index contributed by atoms with van der Waals surface area (Å²) in [7, 11) is 0. The highest BCUT2D eigenvalue weighted by atomic mass is 35.5. The highest BCUT2D eigenvalue weighted by molar-refractivity contribution is 7.13. The Morgan fingerprint density at radius 1 is 0.957 bits per heavy atom. The van der Waals surface area contributed by atoms with Crippen LogP contribution < -0.4 is 25.4 Å². The molecule has 1 saturated heterocycles. The first-order chi connectivity index (χ1) is 33.1. The van der Waals surface area contributed by atoms with Crippen molar-refractivity contribution in [3.05, 3.63) is 99.6 Å². The summed E-state index contributed by atoms with van der Waals surface area (Å²) in [5.74, 6) is 0.253. The second-order valence-electron chi connectivity index (χ2n) is 20.8. The van der Waals surface area contributed by atoms with E-state index in [1.54, 1.807) is 53.8 Å². The maximum absolute atomic E-state index is 14.2. The maximum Gasteiger partial charge on any atom is 0.318 e. The molecule has 1 unspecified atom stereocenters. The van der Waals surface area contributed by atoms with Crippen LogP contribution >= 0.6 is 22.9 Å². The molecule has 0 spiro atoms. The lowest BCUT2D eigenvalue weighted by atomic mass is 9.49. The van der Waals surface area contributed by atoms with Crippen LogP contribution in [0.4, 0.5) is 4.79 Å². The molecule has 2 heterocycles. The van der Waals surface area contributed by atoms with Gasteiger partial charge in [-0.1, -0.05) is 97.7 Å². The average Bonchev–Trinajstić information content (AvgIpc) is 3.94. The van der Waals surface area contributed by atoms with Gasteiger partial charge in [0, 0.05) is 48.1 Å². The summed E-state index contributed by atoms with van der Waals surface area (Å²) >= 11 is 7.82. The number of carbonyl (C=O) groups excluding carboxylic acids is 4. The van der Waals surface area contributed by atoms with Crippen molar-refractivity contribution in [2.45, 2.75) is 137 Å². The fraction of sp³-hybridized carbons (Fsp3) is 0.519. The van der Waals surface area contributed by atoms with Gasteiger partial charge in [0.25, 0.3) is 5.91 Å². The van der Waals surface area contributed by atoms with Gasteiger partial charge >= 0.3 is 6.03 Å². The fourth-order valence-electron chi connectivity index (χ4n) is 10.1. The first-order valence-corrected chi connectivity index (χ1v) is 25.5. The summed E-state index contributed by atoms with van der Waals surface area (Å²) in [6.45, 7) is 18.4. The summed E-state index contributed by atoms with van der Waals surface area (Å²) in [5, 5.41) is 29.5. The number of aliphatic hydroxyl groups excluding tert-OH is 1. The van der Waals surface area contributed by atoms with E-state index < -0.39 is 46.4 Å². The van der Waals surface area contributed by atoms with Gasteiger partial charge in [0.15, 0.2) is 5.78 Å². The van der Waals surface area contributed by atoms with Gasteiger partial charge in [-0.2, -0.15) is 5.26 Å². The quantitative estimate of drug-likeness (QED) is 0.0585. The summed E-state index contributed by atoms with van der Waals surface area (Å²) in [4.78, 5) is 61.5. The lowest BCUT2D eigenvalue weighted by Crippen LogP contribution is -2.74. The molecule has 2 aliphatic rings. The van der Waals surface area contributed by atoms with Crippen LogP contribution in [0.1, 0.15) is 127 Å². The lowest BCUT2D eigenvalue weighted by molar-refractivity contribution is -0.164. The number of benzene rings is 3. The second kappa shape index (κ2) is 23.1. The van der Waals surface area contributed by atoms with Crippen molar-refractivity contribution < 1.29 is 38.5 Å². The number of aryl methyl sites for hydroxylation is 1. The summed E-state index contributed by atoms with van der Waals surface area (Å²) in [5.41, 5.74) is 4.22. The monoisotopic (exact) mass is 996 g/mol. The molecular weight excluding hydrogens is 928 g/mol. The molecule has 2 fully saturated rings. The van der Waals surface area contributed by atoms with Crippen LogP contribution in [0.2, 0.25) is 5.02 Å². The minimum Gasteiger partial charge on any atom is -0.494 e. The number of nitrogens with one attached hydrogen (secondary N) is 3. The molecule has 1 aliphatic carbocycles. The Balaban J connectivity index is 0.903. The number of hydrogen-bond acceptors (Lipinski definition) is 11. The van der Waals surface area contributed by atoms with Gasteiger partial charge in [0.2, 0.25) is 5.91 Å². The molecule has 16 heteroatoms. The normalized spacial score (nSPS) is 20.1. The van der Waals surface area contributed by atoms with Crippen LogP contribution in [0.25, 0.3) is 10.4 Å². The van der Waals surface area contributed by atoms with Crippen molar-refractivity contribution in [2.75, 3.05) is 26.4 Å². The van der Waals surface area contributed by atoms with Crippen molar-refractivity contribution in [2.24, 2.45) is 16.2 Å². The van der Waals surface area contributed by atoms with Crippen molar-refractivity contribution in [3.8, 4) is 28.0 Å². The number of amides is 4. The van der Waals surface area contributed by atoms with Crippen LogP contribution in [0.5, 0.6) is 11.5 Å². The average molecular weight is 998 g/mol. The minimum atomic E-state index is -0.929. The molecule has 3 aromatic carbocycles. The summed E-state index contributed by atoms with van der Waals surface area (Å²) in [6, 6.07) is 19.4. The van der Waals surface area contributed by atoms with Crippen molar-refractivity contribution in [1.82, 2.24) is 25.8 Å². The van der Waals surface area contributed by atoms with Gasteiger partial charge in [0.1, 0.15) is 30.3 Å². The number of nitriles is 1. The molecule has 70 heavy (non-hydrogen) atoms. The van der Waals surface area contributed by atoms with Crippen LogP contribution in [0, 0.1) is 34.5 Å². The lowest BCUT2D eigenvalue weighted by Gasteiger charge is -2.63. The Morgan fingerprint density at radius 2 is 1.63 bits per heavy atom. The fourth-order valence-corrected chi connectivity index (χ4v) is 11.1. The first-order valence-electron chi connectivity index (χ1n) is 24.2. The zero-order valence-electron chi connectivity index (χ0n) is 41.9. The second-order valence-corrected chi connectivity index (χ2v) is 22.1. The molecule has 4 aromatic rings. The van der Waals surface area contributed by atoms with E-state index in [-0.39, 0.29) is 49.5 Å². The molecule has 0 radical (unpaired) electrons. The zero-order valence-corrected chi connectivity index (χ0v) is 43.5. The predicted octanol–water partition coefficient (Wildman–Crippen LogP) is 9.61. The van der Waals surface area contributed by atoms with E-state index in [1.807, 2.05) is 64.4 Å². The van der Waals surface area contributed by atoms with E-state index in [1.165, 1.54) is 4.90 Å². The van der Waals surface area contributed by atoms with Gasteiger partial charge < -0.3 is 40.2 Å². The number of carbonyl (C=O) groups is 4. The Hall–Kier alpha value is -5.53. The van der Waals surface area contributed by atoms with Crippen molar-refractivity contribution >= 4 is 46.6 Å². The highest BCUT2D eigenvalue weighted by Gasteiger charge is 2.64. The van der Waals surface area contributed by atoms with Crippen molar-refractivity contribution in [3.63, 3.8) is 0 Å². The Bertz CT molecular complexity index is 2480. The number of Topliss-reactive ketones (excluding diaryl/α,β-unsaturated/α-hetero) is 1.